The minimum Gasteiger partial charge on any atom is -0.406 e. The maximum absolute atomic E-state index is 12.3. The van der Waals surface area contributed by atoms with Gasteiger partial charge in [-0.15, -0.1) is 18.3 Å². The number of nitrogens with zero attached hydrogens (tertiary/aromatic N) is 5. The smallest absolute Gasteiger partial charge is 0.406 e. The van der Waals surface area contributed by atoms with Gasteiger partial charge in [-0.2, -0.15) is 5.10 Å². The highest BCUT2D eigenvalue weighted by Crippen LogP contribution is 2.24. The van der Waals surface area contributed by atoms with Gasteiger partial charge in [-0.1, -0.05) is 30.3 Å². The Hall–Kier alpha value is -4.32. The lowest BCUT2D eigenvalue weighted by atomic mass is 10.1. The highest BCUT2D eigenvalue weighted by Gasteiger charge is 2.31. The molecule has 0 amide bonds. The number of hydrazone groups is 1. The van der Waals surface area contributed by atoms with Gasteiger partial charge in [0.25, 0.3) is 0 Å². The molecular formula is C24H20F3N7OS. The lowest BCUT2D eigenvalue weighted by Gasteiger charge is -2.09. The molecule has 2 aromatic carbocycles. The fraction of sp³-hybridized carbons (Fsp3) is 0.125. The number of pyridine rings is 1. The van der Waals surface area contributed by atoms with Crippen molar-refractivity contribution in [1.82, 2.24) is 30.5 Å². The summed E-state index contributed by atoms with van der Waals surface area (Å²) in [5.41, 5.74) is 5.89. The second-order valence-corrected chi connectivity index (χ2v) is 7.78. The van der Waals surface area contributed by atoms with Crippen molar-refractivity contribution >= 4 is 23.5 Å². The van der Waals surface area contributed by atoms with Gasteiger partial charge in [0.15, 0.2) is 10.9 Å². The molecule has 12 heteroatoms. The van der Waals surface area contributed by atoms with Gasteiger partial charge in [0.2, 0.25) is 0 Å². The van der Waals surface area contributed by atoms with E-state index in [2.05, 4.69) is 35.6 Å². The third-order valence-corrected chi connectivity index (χ3v) is 5.00. The van der Waals surface area contributed by atoms with Crippen molar-refractivity contribution in [2.75, 3.05) is 6.54 Å². The topological polar surface area (TPSA) is 89.2 Å². The molecule has 0 fully saturated rings. The molecule has 0 aliphatic heterocycles. The minimum atomic E-state index is -4.74. The fourth-order valence-corrected chi connectivity index (χ4v) is 3.25. The number of hydrogen-bond acceptors (Lipinski definition) is 6. The van der Waals surface area contributed by atoms with E-state index < -0.39 is 6.36 Å². The number of rotatable bonds is 8. The van der Waals surface area contributed by atoms with Gasteiger partial charge >= 0.3 is 6.36 Å². The molecule has 2 heterocycles. The highest BCUT2D eigenvalue weighted by atomic mass is 32.1. The van der Waals surface area contributed by atoms with Crippen LogP contribution in [0.5, 0.6) is 5.75 Å². The van der Waals surface area contributed by atoms with Crippen LogP contribution in [0.1, 0.15) is 11.3 Å². The zero-order valence-corrected chi connectivity index (χ0v) is 19.5. The van der Waals surface area contributed by atoms with Crippen molar-refractivity contribution in [2.24, 2.45) is 5.10 Å². The van der Waals surface area contributed by atoms with E-state index >= 15 is 0 Å². The Morgan fingerprint density at radius 1 is 1.03 bits per heavy atom. The number of nitrogens with one attached hydrogen (secondary N) is 2. The van der Waals surface area contributed by atoms with Gasteiger partial charge < -0.3 is 10.1 Å². The largest absolute Gasteiger partial charge is 0.573 e. The van der Waals surface area contributed by atoms with Crippen LogP contribution >= 0.6 is 12.2 Å². The van der Waals surface area contributed by atoms with Gasteiger partial charge in [0.05, 0.1) is 11.9 Å². The lowest BCUT2D eigenvalue weighted by molar-refractivity contribution is -0.274. The molecule has 0 radical (unpaired) electrons. The molecular weight excluding hydrogens is 491 g/mol. The van der Waals surface area contributed by atoms with Crippen molar-refractivity contribution in [3.63, 3.8) is 0 Å². The summed E-state index contributed by atoms with van der Waals surface area (Å²) in [6.07, 6.45) is 0.874. The highest BCUT2D eigenvalue weighted by molar-refractivity contribution is 7.80. The first-order chi connectivity index (χ1) is 17.4. The summed E-state index contributed by atoms with van der Waals surface area (Å²) in [6, 6.07) is 18.5. The summed E-state index contributed by atoms with van der Waals surface area (Å²) in [5, 5.41) is 12.0. The molecule has 2 N–H and O–H groups in total. The molecule has 0 aliphatic carbocycles. The molecule has 0 atom stereocenters. The second kappa shape index (κ2) is 11.4. The van der Waals surface area contributed by atoms with E-state index in [1.54, 1.807) is 12.4 Å². The van der Waals surface area contributed by atoms with Crippen LogP contribution in [0.2, 0.25) is 0 Å². The Balaban J connectivity index is 1.28. The Kier molecular flexibility index (Phi) is 7.85. The average molecular weight is 512 g/mol. The maximum Gasteiger partial charge on any atom is 0.573 e. The predicted octanol–water partition coefficient (Wildman–Crippen LogP) is 4.27. The molecule has 0 unspecified atom stereocenters. The van der Waals surface area contributed by atoms with E-state index in [0.717, 1.165) is 23.2 Å². The Labute approximate surface area is 209 Å². The van der Waals surface area contributed by atoms with Crippen LogP contribution in [0.25, 0.3) is 17.1 Å². The molecule has 4 aromatic rings. The molecule has 0 spiro atoms. The van der Waals surface area contributed by atoms with Crippen LogP contribution < -0.4 is 15.5 Å². The first kappa shape index (κ1) is 24.8. The number of ether oxygens (including phenoxy) is 1. The monoisotopic (exact) mass is 511 g/mol. The van der Waals surface area contributed by atoms with Crippen LogP contribution in [0.15, 0.2) is 84.4 Å². The minimum absolute atomic E-state index is 0.306. The van der Waals surface area contributed by atoms with Crippen LogP contribution in [-0.2, 0) is 6.42 Å². The lowest BCUT2D eigenvalue weighted by Crippen LogP contribution is -2.33. The van der Waals surface area contributed by atoms with Gasteiger partial charge in [-0.25, -0.2) is 9.67 Å². The van der Waals surface area contributed by atoms with Crippen LogP contribution in [0.4, 0.5) is 13.2 Å². The van der Waals surface area contributed by atoms with E-state index in [-0.39, 0.29) is 5.75 Å². The Morgan fingerprint density at radius 2 is 1.81 bits per heavy atom. The molecule has 8 nitrogen and oxygen atoms in total. The van der Waals surface area contributed by atoms with E-state index in [1.807, 2.05) is 42.5 Å². The maximum atomic E-state index is 12.3. The molecule has 0 saturated carbocycles. The number of aromatic nitrogens is 4. The fourth-order valence-electron chi connectivity index (χ4n) is 3.09. The van der Waals surface area contributed by atoms with Crippen LogP contribution in [0.3, 0.4) is 0 Å². The number of alkyl halides is 3. The summed E-state index contributed by atoms with van der Waals surface area (Å²) in [5.74, 6) is 0.157. The molecule has 184 valence electrons. The average Bonchev–Trinajstić information content (AvgIpc) is 3.35. The third-order valence-electron chi connectivity index (χ3n) is 4.77. The molecule has 4 rings (SSSR count). The number of halogens is 3. The van der Waals surface area contributed by atoms with Crippen LogP contribution in [0, 0.1) is 0 Å². The first-order valence-corrected chi connectivity index (χ1v) is 11.1. The van der Waals surface area contributed by atoms with E-state index in [1.165, 1.54) is 35.3 Å². The summed E-state index contributed by atoms with van der Waals surface area (Å²) in [6.45, 7) is 0.637. The van der Waals surface area contributed by atoms with E-state index in [0.29, 0.717) is 23.2 Å². The summed E-state index contributed by atoms with van der Waals surface area (Å²) in [7, 11) is 0. The SMILES string of the molecule is FC(F)(F)Oc1ccc(-n2cnc(-c3ccc(C=NNC(=S)NCCc4ccccn4)cc3)n2)cc1. The molecule has 36 heavy (non-hydrogen) atoms. The molecule has 2 aromatic heterocycles. The summed E-state index contributed by atoms with van der Waals surface area (Å²) in [4.78, 5) is 8.53. The van der Waals surface area contributed by atoms with Crippen molar-refractivity contribution < 1.29 is 17.9 Å². The number of hydrogen-bond donors (Lipinski definition) is 2. The van der Waals surface area contributed by atoms with E-state index in [9.17, 15) is 13.2 Å². The van der Waals surface area contributed by atoms with Gasteiger partial charge in [-0.3, -0.25) is 10.4 Å². The predicted molar refractivity (Wildman–Crippen MR) is 133 cm³/mol. The standard InChI is InChI=1S/C24H20F3N7OS/c25-24(26,27)35-21-10-8-20(9-11-21)34-16-30-22(33-34)18-6-4-17(5-7-18)15-31-32-23(36)29-14-12-19-3-1-2-13-28-19/h1-11,13,15-16H,12,14H2,(H2,29,32,36). The van der Waals surface area contributed by atoms with E-state index in [4.69, 9.17) is 12.2 Å². The number of thiocarbonyl (C=S) groups is 1. The van der Waals surface area contributed by atoms with Gasteiger partial charge in [-0.05, 0) is 54.2 Å². The van der Waals surface area contributed by atoms with Crippen molar-refractivity contribution in [3.8, 4) is 22.8 Å². The summed E-state index contributed by atoms with van der Waals surface area (Å²) >= 11 is 5.21. The summed E-state index contributed by atoms with van der Waals surface area (Å²) < 4.78 is 42.3. The normalized spacial score (nSPS) is 11.4. The molecule has 0 aliphatic rings. The third kappa shape index (κ3) is 7.34. The van der Waals surface area contributed by atoms with Gasteiger partial charge in [0.1, 0.15) is 12.1 Å². The zero-order valence-electron chi connectivity index (χ0n) is 18.7. The van der Waals surface area contributed by atoms with Crippen molar-refractivity contribution in [2.45, 2.75) is 12.8 Å². The second-order valence-electron chi connectivity index (χ2n) is 7.37. The quantitative estimate of drug-likeness (QED) is 0.208. The Bertz CT molecular complexity index is 1310. The van der Waals surface area contributed by atoms with Crippen LogP contribution in [-0.4, -0.2) is 44.0 Å². The molecule has 0 saturated heterocycles. The van der Waals surface area contributed by atoms with Crippen molar-refractivity contribution in [1.29, 1.82) is 0 Å². The first-order valence-electron chi connectivity index (χ1n) is 10.7. The molecule has 0 bridgehead atoms. The van der Waals surface area contributed by atoms with Crippen molar-refractivity contribution in [3.05, 3.63) is 90.5 Å². The Morgan fingerprint density at radius 3 is 2.50 bits per heavy atom. The zero-order chi connectivity index (χ0) is 25.4. The number of benzene rings is 2. The van der Waals surface area contributed by atoms with Gasteiger partial charge in [0, 0.05) is 30.4 Å².